The second kappa shape index (κ2) is 11.0. The summed E-state index contributed by atoms with van der Waals surface area (Å²) in [4.78, 5) is 13.2. The molecule has 2 heterocycles. The summed E-state index contributed by atoms with van der Waals surface area (Å²) < 4.78 is 32.4. The summed E-state index contributed by atoms with van der Waals surface area (Å²) in [5.41, 5.74) is 1.17. The molecule has 31 heavy (non-hydrogen) atoms. The van der Waals surface area contributed by atoms with Crippen LogP contribution in [-0.2, 0) is 10.0 Å². The Bertz CT molecular complexity index is 943. The van der Waals surface area contributed by atoms with E-state index in [1.54, 1.807) is 19.4 Å². The average Bonchev–Trinajstić information content (AvgIpc) is 2.82. The number of rotatable bonds is 8. The van der Waals surface area contributed by atoms with Gasteiger partial charge in [0.2, 0.25) is 10.0 Å². The Morgan fingerprint density at radius 1 is 1.16 bits per heavy atom. The first kappa shape index (κ1) is 22.8. The van der Waals surface area contributed by atoms with Crippen LogP contribution in [0.1, 0.15) is 6.92 Å². The Morgan fingerprint density at radius 2 is 1.90 bits per heavy atom. The zero-order valence-corrected chi connectivity index (χ0v) is 18.8. The highest BCUT2D eigenvalue weighted by molar-refractivity contribution is 7.89. The number of aromatic nitrogens is 1. The Hall–Kier alpha value is -2.85. The van der Waals surface area contributed by atoms with Crippen molar-refractivity contribution in [1.29, 1.82) is 0 Å². The van der Waals surface area contributed by atoms with Crippen LogP contribution in [0.5, 0.6) is 5.75 Å². The molecule has 0 aliphatic carbocycles. The number of nitrogens with zero attached hydrogens (tertiary/aromatic N) is 4. The number of sulfonamides is 1. The summed E-state index contributed by atoms with van der Waals surface area (Å²) >= 11 is 0. The van der Waals surface area contributed by atoms with Crippen molar-refractivity contribution in [2.24, 2.45) is 4.99 Å². The maximum absolute atomic E-state index is 12.3. The van der Waals surface area contributed by atoms with E-state index in [1.165, 1.54) is 18.0 Å². The molecule has 1 aliphatic rings. The van der Waals surface area contributed by atoms with E-state index in [0.717, 1.165) is 44.4 Å². The molecule has 1 aromatic carbocycles. The molecule has 0 amide bonds. The van der Waals surface area contributed by atoms with Crippen molar-refractivity contribution in [3.05, 3.63) is 48.8 Å². The molecule has 0 radical (unpaired) electrons. The fraction of sp³-hybridized carbons (Fsp3) is 0.429. The second-order valence-corrected chi connectivity index (χ2v) is 8.76. The number of benzene rings is 1. The SMILES string of the molecule is CCNC(=NCCNS(=O)(=O)c1cccnc1)N1CCN(c2ccc(OC)cc2)CC1. The highest BCUT2D eigenvalue weighted by atomic mass is 32.2. The maximum atomic E-state index is 12.3. The van der Waals surface area contributed by atoms with Gasteiger partial charge in [-0.15, -0.1) is 0 Å². The van der Waals surface area contributed by atoms with E-state index in [0.29, 0.717) is 6.54 Å². The van der Waals surface area contributed by atoms with E-state index in [4.69, 9.17) is 4.74 Å². The summed E-state index contributed by atoms with van der Waals surface area (Å²) in [6.07, 6.45) is 2.87. The molecule has 10 heteroatoms. The lowest BCUT2D eigenvalue weighted by Crippen LogP contribution is -2.52. The van der Waals surface area contributed by atoms with Crippen LogP contribution in [0, 0.1) is 0 Å². The molecule has 1 aromatic heterocycles. The topological polar surface area (TPSA) is 99.2 Å². The van der Waals surface area contributed by atoms with Crippen molar-refractivity contribution in [3.63, 3.8) is 0 Å². The van der Waals surface area contributed by atoms with Crippen molar-refractivity contribution in [3.8, 4) is 5.75 Å². The number of anilines is 1. The lowest BCUT2D eigenvalue weighted by atomic mass is 10.2. The highest BCUT2D eigenvalue weighted by Crippen LogP contribution is 2.20. The Labute approximate surface area is 184 Å². The third-order valence-corrected chi connectivity index (χ3v) is 6.41. The molecular weight excluding hydrogens is 416 g/mol. The Morgan fingerprint density at radius 3 is 2.52 bits per heavy atom. The van der Waals surface area contributed by atoms with Crippen LogP contribution in [0.15, 0.2) is 58.7 Å². The van der Waals surface area contributed by atoms with Gasteiger partial charge in [-0.05, 0) is 43.3 Å². The summed E-state index contributed by atoms with van der Waals surface area (Å²) in [5.74, 6) is 1.65. The van der Waals surface area contributed by atoms with Crippen molar-refractivity contribution in [2.45, 2.75) is 11.8 Å². The third-order valence-electron chi connectivity index (χ3n) is 4.96. The largest absolute Gasteiger partial charge is 0.497 e. The molecule has 2 aromatic rings. The number of aliphatic imine (C=N–C) groups is 1. The predicted octanol–water partition coefficient (Wildman–Crippen LogP) is 1.16. The third kappa shape index (κ3) is 6.31. The van der Waals surface area contributed by atoms with Gasteiger partial charge in [-0.25, -0.2) is 13.1 Å². The molecule has 1 aliphatic heterocycles. The molecule has 0 spiro atoms. The van der Waals surface area contributed by atoms with Crippen LogP contribution in [0.3, 0.4) is 0 Å². The first-order valence-electron chi connectivity index (χ1n) is 10.4. The number of ether oxygens (including phenoxy) is 1. The van der Waals surface area contributed by atoms with Crippen LogP contribution in [0.4, 0.5) is 5.69 Å². The number of piperazine rings is 1. The van der Waals surface area contributed by atoms with E-state index in [1.807, 2.05) is 19.1 Å². The highest BCUT2D eigenvalue weighted by Gasteiger charge is 2.20. The molecule has 168 valence electrons. The molecule has 0 bridgehead atoms. The minimum absolute atomic E-state index is 0.153. The van der Waals surface area contributed by atoms with Gasteiger partial charge in [-0.3, -0.25) is 9.98 Å². The number of hydrogen-bond acceptors (Lipinski definition) is 6. The normalized spacial score (nSPS) is 15.1. The van der Waals surface area contributed by atoms with E-state index >= 15 is 0 Å². The zero-order valence-electron chi connectivity index (χ0n) is 18.0. The van der Waals surface area contributed by atoms with Gasteiger partial charge >= 0.3 is 0 Å². The average molecular weight is 447 g/mol. The summed E-state index contributed by atoms with van der Waals surface area (Å²) in [7, 11) is -1.90. The molecule has 0 atom stereocenters. The van der Waals surface area contributed by atoms with Crippen molar-refractivity contribution in [2.75, 3.05) is 57.8 Å². The van der Waals surface area contributed by atoms with E-state index in [-0.39, 0.29) is 11.4 Å². The maximum Gasteiger partial charge on any atom is 0.242 e. The molecule has 0 unspecified atom stereocenters. The minimum atomic E-state index is -3.57. The standard InChI is InChI=1S/C21H30N6O3S/c1-3-23-21(24-11-12-25-31(28,29)20-5-4-10-22-17-20)27-15-13-26(14-16-27)18-6-8-19(30-2)9-7-18/h4-10,17,25H,3,11-16H2,1-2H3,(H,23,24). The van der Waals surface area contributed by atoms with Gasteiger partial charge in [0.15, 0.2) is 5.96 Å². The quantitative estimate of drug-likeness (QED) is 0.357. The fourth-order valence-corrected chi connectivity index (χ4v) is 4.31. The first-order chi connectivity index (χ1) is 15.0. The lowest BCUT2D eigenvalue weighted by Gasteiger charge is -2.37. The van der Waals surface area contributed by atoms with Crippen molar-refractivity contribution >= 4 is 21.7 Å². The van der Waals surface area contributed by atoms with E-state index in [2.05, 4.69) is 41.9 Å². The van der Waals surface area contributed by atoms with Gasteiger partial charge in [-0.2, -0.15) is 0 Å². The number of methoxy groups -OCH3 is 1. The van der Waals surface area contributed by atoms with Crippen molar-refractivity contribution in [1.82, 2.24) is 19.9 Å². The van der Waals surface area contributed by atoms with E-state index in [9.17, 15) is 8.42 Å². The molecule has 1 saturated heterocycles. The Balaban J connectivity index is 1.52. The van der Waals surface area contributed by atoms with Gasteiger partial charge in [0, 0.05) is 57.3 Å². The van der Waals surface area contributed by atoms with Crippen LogP contribution < -0.4 is 19.7 Å². The number of guanidine groups is 1. The molecule has 9 nitrogen and oxygen atoms in total. The lowest BCUT2D eigenvalue weighted by molar-refractivity contribution is 0.372. The fourth-order valence-electron chi connectivity index (χ4n) is 3.33. The predicted molar refractivity (Wildman–Crippen MR) is 122 cm³/mol. The monoisotopic (exact) mass is 446 g/mol. The summed E-state index contributed by atoms with van der Waals surface area (Å²) in [5, 5.41) is 3.30. The van der Waals surface area contributed by atoms with Crippen LogP contribution >= 0.6 is 0 Å². The van der Waals surface area contributed by atoms with Crippen LogP contribution in [0.2, 0.25) is 0 Å². The van der Waals surface area contributed by atoms with Gasteiger partial charge in [0.05, 0.1) is 13.7 Å². The smallest absolute Gasteiger partial charge is 0.242 e. The summed E-state index contributed by atoms with van der Waals surface area (Å²) in [6, 6.07) is 11.2. The van der Waals surface area contributed by atoms with Crippen LogP contribution in [0.25, 0.3) is 0 Å². The number of pyridine rings is 1. The van der Waals surface area contributed by atoms with E-state index < -0.39 is 10.0 Å². The number of nitrogens with one attached hydrogen (secondary N) is 2. The van der Waals surface area contributed by atoms with Gasteiger partial charge in [-0.1, -0.05) is 0 Å². The van der Waals surface area contributed by atoms with Gasteiger partial charge in [0.1, 0.15) is 10.6 Å². The first-order valence-corrected chi connectivity index (χ1v) is 11.8. The minimum Gasteiger partial charge on any atom is -0.497 e. The van der Waals surface area contributed by atoms with Gasteiger partial charge in [0.25, 0.3) is 0 Å². The molecule has 2 N–H and O–H groups in total. The molecule has 3 rings (SSSR count). The number of hydrogen-bond donors (Lipinski definition) is 2. The second-order valence-electron chi connectivity index (χ2n) is 6.99. The van der Waals surface area contributed by atoms with Gasteiger partial charge < -0.3 is 19.9 Å². The molecule has 0 saturated carbocycles. The zero-order chi connectivity index (χ0) is 22.1. The Kier molecular flexibility index (Phi) is 8.07. The molecule has 1 fully saturated rings. The van der Waals surface area contributed by atoms with Crippen LogP contribution in [-0.4, -0.2) is 77.2 Å². The molecular formula is C21H30N6O3S. The van der Waals surface area contributed by atoms with Crippen molar-refractivity contribution < 1.29 is 13.2 Å². The summed E-state index contributed by atoms with van der Waals surface area (Å²) in [6.45, 7) is 6.76.